The van der Waals surface area contributed by atoms with Crippen LogP contribution in [0.5, 0.6) is 0 Å². The Labute approximate surface area is 110 Å². The number of rotatable bonds is 2. The third kappa shape index (κ3) is 2.52. The number of hydrogen-bond donors (Lipinski definition) is 1. The summed E-state index contributed by atoms with van der Waals surface area (Å²) >= 11 is 0. The van der Waals surface area contributed by atoms with E-state index in [0.29, 0.717) is 0 Å². The second-order valence-electron chi connectivity index (χ2n) is 5.89. The number of hydrogen-bond acceptors (Lipinski definition) is 3. The highest BCUT2D eigenvalue weighted by Crippen LogP contribution is 2.30. The zero-order chi connectivity index (χ0) is 13.3. The summed E-state index contributed by atoms with van der Waals surface area (Å²) in [6, 6.07) is 8.17. The molecule has 0 saturated carbocycles. The molecule has 1 atom stereocenters. The molecule has 0 spiro atoms. The van der Waals surface area contributed by atoms with Gasteiger partial charge >= 0.3 is 0 Å². The molecule has 0 radical (unpaired) electrons. The van der Waals surface area contributed by atoms with Crippen LogP contribution >= 0.6 is 0 Å². The van der Waals surface area contributed by atoms with Gasteiger partial charge in [0.15, 0.2) is 0 Å². The topological polar surface area (TPSA) is 26.7 Å². The first-order chi connectivity index (χ1) is 8.42. The zero-order valence-corrected chi connectivity index (χ0v) is 11.8. The average molecular weight is 248 g/mol. The summed E-state index contributed by atoms with van der Waals surface area (Å²) in [5, 5.41) is 9.88. The molecule has 1 saturated heterocycles. The zero-order valence-electron chi connectivity index (χ0n) is 11.8. The standard InChI is InChI=1S/C15H24N2O/c1-12(18)13-7-5-6-8-14(13)17-10-9-16(4)15(2,3)11-17/h5-8,12,18H,9-11H2,1-4H3/t12-/m0/s1. The Bertz CT molecular complexity index is 415. The van der Waals surface area contributed by atoms with E-state index in [2.05, 4.69) is 36.8 Å². The van der Waals surface area contributed by atoms with Gasteiger partial charge in [-0.15, -0.1) is 0 Å². The predicted molar refractivity (Wildman–Crippen MR) is 76.0 cm³/mol. The van der Waals surface area contributed by atoms with Crippen molar-refractivity contribution in [3.63, 3.8) is 0 Å². The Hall–Kier alpha value is -1.06. The fourth-order valence-electron chi connectivity index (χ4n) is 2.57. The molecule has 0 amide bonds. The Morgan fingerprint density at radius 1 is 1.22 bits per heavy atom. The number of benzene rings is 1. The number of piperazine rings is 1. The van der Waals surface area contributed by atoms with Gasteiger partial charge in [0, 0.05) is 36.4 Å². The Morgan fingerprint density at radius 2 is 1.89 bits per heavy atom. The average Bonchev–Trinajstić information content (AvgIpc) is 2.32. The van der Waals surface area contributed by atoms with Crippen molar-refractivity contribution in [2.75, 3.05) is 31.6 Å². The van der Waals surface area contributed by atoms with Crippen LogP contribution in [0.25, 0.3) is 0 Å². The molecule has 1 N–H and O–H groups in total. The third-order valence-electron chi connectivity index (χ3n) is 4.04. The monoisotopic (exact) mass is 248 g/mol. The normalized spacial score (nSPS) is 21.9. The lowest BCUT2D eigenvalue weighted by atomic mass is 9.98. The predicted octanol–water partition coefficient (Wildman–Crippen LogP) is 2.27. The fourth-order valence-corrected chi connectivity index (χ4v) is 2.57. The van der Waals surface area contributed by atoms with Gasteiger partial charge in [0.2, 0.25) is 0 Å². The molecule has 0 bridgehead atoms. The Morgan fingerprint density at radius 3 is 2.50 bits per heavy atom. The van der Waals surface area contributed by atoms with Gasteiger partial charge < -0.3 is 10.0 Å². The Balaban J connectivity index is 2.27. The highest BCUT2D eigenvalue weighted by molar-refractivity contribution is 5.55. The van der Waals surface area contributed by atoms with Crippen LogP contribution in [0.15, 0.2) is 24.3 Å². The van der Waals surface area contributed by atoms with E-state index in [1.807, 2.05) is 25.1 Å². The summed E-state index contributed by atoms with van der Waals surface area (Å²) in [6.45, 7) is 9.44. The van der Waals surface area contributed by atoms with E-state index >= 15 is 0 Å². The van der Waals surface area contributed by atoms with E-state index in [9.17, 15) is 5.11 Å². The van der Waals surface area contributed by atoms with Gasteiger partial charge in [0.25, 0.3) is 0 Å². The molecule has 1 aliphatic heterocycles. The summed E-state index contributed by atoms with van der Waals surface area (Å²) in [5.74, 6) is 0. The van der Waals surface area contributed by atoms with E-state index in [4.69, 9.17) is 0 Å². The summed E-state index contributed by atoms with van der Waals surface area (Å²) in [6.07, 6.45) is -0.413. The summed E-state index contributed by atoms with van der Waals surface area (Å²) in [4.78, 5) is 4.79. The van der Waals surface area contributed by atoms with Crippen LogP contribution in [0.1, 0.15) is 32.4 Å². The minimum Gasteiger partial charge on any atom is -0.389 e. The lowest BCUT2D eigenvalue weighted by molar-refractivity contribution is 0.138. The summed E-state index contributed by atoms with van der Waals surface area (Å²) in [7, 11) is 2.18. The number of nitrogens with zero attached hydrogens (tertiary/aromatic N) is 2. The van der Waals surface area contributed by atoms with Gasteiger partial charge in [-0.3, -0.25) is 4.90 Å². The first-order valence-corrected chi connectivity index (χ1v) is 6.65. The van der Waals surface area contributed by atoms with Gasteiger partial charge in [0.05, 0.1) is 6.10 Å². The molecule has 1 fully saturated rings. The van der Waals surface area contributed by atoms with Gasteiger partial charge in [0.1, 0.15) is 0 Å². The van der Waals surface area contributed by atoms with Crippen molar-refractivity contribution in [2.45, 2.75) is 32.4 Å². The molecule has 1 aliphatic rings. The maximum absolute atomic E-state index is 9.88. The van der Waals surface area contributed by atoms with Crippen molar-refractivity contribution in [3.8, 4) is 0 Å². The molecule has 1 heterocycles. The van der Waals surface area contributed by atoms with Crippen LogP contribution in [0.3, 0.4) is 0 Å². The molecular weight excluding hydrogens is 224 g/mol. The third-order valence-corrected chi connectivity index (χ3v) is 4.04. The van der Waals surface area contributed by atoms with Crippen LogP contribution in [0.2, 0.25) is 0 Å². The van der Waals surface area contributed by atoms with Crippen LogP contribution in [0, 0.1) is 0 Å². The second-order valence-corrected chi connectivity index (χ2v) is 5.89. The van der Waals surface area contributed by atoms with E-state index < -0.39 is 6.10 Å². The SMILES string of the molecule is C[C@H](O)c1ccccc1N1CCN(C)C(C)(C)C1. The summed E-state index contributed by atoms with van der Waals surface area (Å²) in [5.41, 5.74) is 2.37. The minimum atomic E-state index is -0.413. The molecule has 2 rings (SSSR count). The number of aliphatic hydroxyl groups excluding tert-OH is 1. The Kier molecular flexibility index (Phi) is 3.64. The van der Waals surface area contributed by atoms with Crippen LogP contribution in [-0.2, 0) is 0 Å². The number of para-hydroxylation sites is 1. The van der Waals surface area contributed by atoms with Crippen LogP contribution in [0.4, 0.5) is 5.69 Å². The van der Waals surface area contributed by atoms with Crippen LogP contribution in [-0.4, -0.2) is 42.2 Å². The molecule has 1 aromatic rings. The summed E-state index contributed by atoms with van der Waals surface area (Å²) < 4.78 is 0. The number of likely N-dealkylation sites (N-methyl/N-ethyl adjacent to an activating group) is 1. The quantitative estimate of drug-likeness (QED) is 0.870. The number of aliphatic hydroxyl groups is 1. The molecule has 18 heavy (non-hydrogen) atoms. The van der Waals surface area contributed by atoms with Crippen molar-refractivity contribution in [1.29, 1.82) is 0 Å². The molecule has 0 aliphatic carbocycles. The van der Waals surface area contributed by atoms with Crippen molar-refractivity contribution >= 4 is 5.69 Å². The van der Waals surface area contributed by atoms with E-state index in [0.717, 1.165) is 25.2 Å². The molecule has 3 nitrogen and oxygen atoms in total. The van der Waals surface area contributed by atoms with E-state index in [-0.39, 0.29) is 5.54 Å². The largest absolute Gasteiger partial charge is 0.389 e. The van der Waals surface area contributed by atoms with Crippen molar-refractivity contribution in [2.24, 2.45) is 0 Å². The highest BCUT2D eigenvalue weighted by atomic mass is 16.3. The first kappa shape index (κ1) is 13.4. The molecule has 0 unspecified atom stereocenters. The lowest BCUT2D eigenvalue weighted by Crippen LogP contribution is -2.57. The van der Waals surface area contributed by atoms with Crippen molar-refractivity contribution < 1.29 is 5.11 Å². The smallest absolute Gasteiger partial charge is 0.0781 e. The highest BCUT2D eigenvalue weighted by Gasteiger charge is 2.31. The van der Waals surface area contributed by atoms with Crippen molar-refractivity contribution in [1.82, 2.24) is 4.90 Å². The second kappa shape index (κ2) is 4.90. The van der Waals surface area contributed by atoms with Crippen molar-refractivity contribution in [3.05, 3.63) is 29.8 Å². The van der Waals surface area contributed by atoms with Gasteiger partial charge in [-0.1, -0.05) is 18.2 Å². The van der Waals surface area contributed by atoms with Gasteiger partial charge in [-0.2, -0.15) is 0 Å². The molecule has 0 aromatic heterocycles. The van der Waals surface area contributed by atoms with E-state index in [1.54, 1.807) is 0 Å². The maximum atomic E-state index is 9.88. The fraction of sp³-hybridized carbons (Fsp3) is 0.600. The first-order valence-electron chi connectivity index (χ1n) is 6.65. The lowest BCUT2D eigenvalue weighted by Gasteiger charge is -2.46. The van der Waals surface area contributed by atoms with Gasteiger partial charge in [-0.05, 0) is 33.9 Å². The molecule has 1 aromatic carbocycles. The molecule has 3 heteroatoms. The molecular formula is C15H24N2O. The number of anilines is 1. The van der Waals surface area contributed by atoms with Gasteiger partial charge in [-0.25, -0.2) is 0 Å². The van der Waals surface area contributed by atoms with Crippen LogP contribution < -0.4 is 4.90 Å². The van der Waals surface area contributed by atoms with E-state index in [1.165, 1.54) is 5.69 Å². The minimum absolute atomic E-state index is 0.171. The molecule has 100 valence electrons. The maximum Gasteiger partial charge on any atom is 0.0781 e.